The summed E-state index contributed by atoms with van der Waals surface area (Å²) in [5.74, 6) is 1.23. The summed E-state index contributed by atoms with van der Waals surface area (Å²) in [6.45, 7) is 4.47. The summed E-state index contributed by atoms with van der Waals surface area (Å²) in [4.78, 5) is 17.3. The zero-order valence-electron chi connectivity index (χ0n) is 18.2. The molecule has 0 radical (unpaired) electrons. The molecule has 0 N–H and O–H groups in total. The Bertz CT molecular complexity index is 828. The minimum absolute atomic E-state index is 0.178. The molecule has 2 aromatic carbocycles. The Morgan fingerprint density at radius 2 is 1.63 bits per heavy atom. The van der Waals surface area contributed by atoms with Crippen LogP contribution in [0.15, 0.2) is 54.6 Å². The number of ether oxygens (including phenoxy) is 1. The average molecular weight is 407 g/mol. The highest BCUT2D eigenvalue weighted by Gasteiger charge is 2.36. The highest BCUT2D eigenvalue weighted by molar-refractivity contribution is 5.94. The van der Waals surface area contributed by atoms with E-state index in [1.807, 2.05) is 30.3 Å². The van der Waals surface area contributed by atoms with Crippen molar-refractivity contribution in [2.45, 2.75) is 38.5 Å². The van der Waals surface area contributed by atoms with Gasteiger partial charge in [0.1, 0.15) is 12.4 Å². The van der Waals surface area contributed by atoms with Gasteiger partial charge in [-0.1, -0.05) is 42.8 Å². The van der Waals surface area contributed by atoms with Gasteiger partial charge in [-0.05, 0) is 68.3 Å². The van der Waals surface area contributed by atoms with Crippen molar-refractivity contribution < 1.29 is 9.53 Å². The Hall–Kier alpha value is -2.33. The van der Waals surface area contributed by atoms with Gasteiger partial charge >= 0.3 is 0 Å². The lowest BCUT2D eigenvalue weighted by atomic mass is 9.73. The van der Waals surface area contributed by atoms with E-state index in [4.69, 9.17) is 4.74 Å². The first-order valence-electron chi connectivity index (χ1n) is 11.4. The Kier molecular flexibility index (Phi) is 6.73. The fourth-order valence-corrected chi connectivity index (χ4v) is 5.06. The lowest BCUT2D eigenvalue weighted by molar-refractivity contribution is 0.0425. The molecular formula is C26H34N2O2. The molecule has 2 aromatic rings. The predicted octanol–water partition coefficient (Wildman–Crippen LogP) is 4.65. The van der Waals surface area contributed by atoms with Crippen LogP contribution in [0.5, 0.6) is 5.75 Å². The van der Waals surface area contributed by atoms with Crippen LogP contribution in [0.3, 0.4) is 0 Å². The van der Waals surface area contributed by atoms with E-state index in [-0.39, 0.29) is 5.91 Å². The first-order chi connectivity index (χ1) is 14.7. The molecule has 0 atom stereocenters. The molecule has 30 heavy (non-hydrogen) atoms. The fraction of sp³-hybridized carbons (Fsp3) is 0.500. The predicted molar refractivity (Wildman–Crippen MR) is 121 cm³/mol. The number of para-hydroxylation sites is 1. The van der Waals surface area contributed by atoms with Crippen molar-refractivity contribution in [2.24, 2.45) is 5.41 Å². The number of fused-ring (bicyclic) bond motifs is 1. The number of amides is 1. The summed E-state index contributed by atoms with van der Waals surface area (Å²) in [5.41, 5.74) is 2.44. The Morgan fingerprint density at radius 3 is 2.43 bits per heavy atom. The number of hydrogen-bond donors (Lipinski definition) is 0. The summed E-state index contributed by atoms with van der Waals surface area (Å²) in [5, 5.41) is 0. The van der Waals surface area contributed by atoms with Gasteiger partial charge in [-0.25, -0.2) is 0 Å². The van der Waals surface area contributed by atoms with E-state index in [0.717, 1.165) is 63.4 Å². The lowest BCUT2D eigenvalue weighted by Gasteiger charge is -2.44. The maximum Gasteiger partial charge on any atom is 0.253 e. The van der Waals surface area contributed by atoms with Gasteiger partial charge in [0.05, 0.1) is 0 Å². The first-order valence-corrected chi connectivity index (χ1v) is 11.4. The molecular weight excluding hydrogens is 372 g/mol. The highest BCUT2D eigenvalue weighted by atomic mass is 16.5. The number of aryl methyl sites for hydroxylation is 1. The van der Waals surface area contributed by atoms with Gasteiger partial charge in [-0.3, -0.25) is 4.79 Å². The number of carbonyl (C=O) groups excluding carboxylic acids is 1. The van der Waals surface area contributed by atoms with Crippen molar-refractivity contribution in [2.75, 3.05) is 39.8 Å². The highest BCUT2D eigenvalue weighted by Crippen LogP contribution is 2.38. The third kappa shape index (κ3) is 5.04. The van der Waals surface area contributed by atoms with Crippen LogP contribution in [0, 0.1) is 5.41 Å². The summed E-state index contributed by atoms with van der Waals surface area (Å²) in [7, 11) is 2.21. The number of likely N-dealkylation sites (tertiary alicyclic amines) is 1. The second-order valence-electron chi connectivity index (χ2n) is 9.06. The average Bonchev–Trinajstić information content (AvgIpc) is 2.77. The molecule has 4 heteroatoms. The second kappa shape index (κ2) is 9.65. The third-order valence-electron chi connectivity index (χ3n) is 6.84. The summed E-state index contributed by atoms with van der Waals surface area (Å²) in [6, 6.07) is 18.2. The van der Waals surface area contributed by atoms with Crippen molar-refractivity contribution in [1.29, 1.82) is 0 Å². The molecule has 2 aliphatic heterocycles. The molecule has 160 valence electrons. The molecule has 4 nitrogen and oxygen atoms in total. The van der Waals surface area contributed by atoms with Crippen LogP contribution in [0.25, 0.3) is 0 Å². The van der Waals surface area contributed by atoms with Crippen molar-refractivity contribution in [3.8, 4) is 5.75 Å². The van der Waals surface area contributed by atoms with E-state index < -0.39 is 0 Å². The Morgan fingerprint density at radius 1 is 0.900 bits per heavy atom. The van der Waals surface area contributed by atoms with Gasteiger partial charge in [-0.2, -0.15) is 0 Å². The van der Waals surface area contributed by atoms with Gasteiger partial charge in [0.15, 0.2) is 0 Å². The molecule has 1 saturated heterocycles. The minimum Gasteiger partial charge on any atom is -0.492 e. The van der Waals surface area contributed by atoms with E-state index in [0.29, 0.717) is 5.41 Å². The molecule has 0 bridgehead atoms. The van der Waals surface area contributed by atoms with E-state index in [2.05, 4.69) is 41.1 Å². The van der Waals surface area contributed by atoms with Crippen molar-refractivity contribution in [3.63, 3.8) is 0 Å². The standard InChI is InChI=1S/C26H34N2O2/c1-27-19-20-30-24-13-6-5-9-22(24)10-7-8-14-26(21-27)15-17-28(18-16-26)25(29)23-11-3-2-4-12-23/h2-6,9,11-13H,7-8,10,14-21H2,1H3. The van der Waals surface area contributed by atoms with Crippen molar-refractivity contribution >= 4 is 5.91 Å². The van der Waals surface area contributed by atoms with Crippen LogP contribution >= 0.6 is 0 Å². The van der Waals surface area contributed by atoms with Crippen molar-refractivity contribution in [1.82, 2.24) is 9.80 Å². The molecule has 0 aliphatic carbocycles. The Labute approximate surface area is 180 Å². The van der Waals surface area contributed by atoms with E-state index in [9.17, 15) is 4.79 Å². The molecule has 2 heterocycles. The van der Waals surface area contributed by atoms with Gasteiger partial charge in [0.2, 0.25) is 0 Å². The summed E-state index contributed by atoms with van der Waals surface area (Å²) >= 11 is 0. The van der Waals surface area contributed by atoms with Gasteiger partial charge in [0.25, 0.3) is 5.91 Å². The largest absolute Gasteiger partial charge is 0.492 e. The quantitative estimate of drug-likeness (QED) is 0.691. The smallest absolute Gasteiger partial charge is 0.253 e. The molecule has 4 rings (SSSR count). The maximum atomic E-state index is 12.9. The SMILES string of the molecule is CN1CCOc2ccccc2CCCCC2(CCN(C(=O)c3ccccc3)CC2)C1. The minimum atomic E-state index is 0.178. The van der Waals surface area contributed by atoms with Crippen LogP contribution in [0.1, 0.15) is 48.0 Å². The fourth-order valence-electron chi connectivity index (χ4n) is 5.06. The molecule has 1 amide bonds. The van der Waals surface area contributed by atoms with Gasteiger partial charge < -0.3 is 14.5 Å². The molecule has 2 aliphatic rings. The van der Waals surface area contributed by atoms with Crippen molar-refractivity contribution in [3.05, 3.63) is 65.7 Å². The molecule has 0 unspecified atom stereocenters. The third-order valence-corrected chi connectivity index (χ3v) is 6.84. The second-order valence-corrected chi connectivity index (χ2v) is 9.06. The normalized spacial score (nSPS) is 20.5. The number of rotatable bonds is 1. The number of hydrogen-bond acceptors (Lipinski definition) is 3. The monoisotopic (exact) mass is 406 g/mol. The Balaban J connectivity index is 1.40. The van der Waals surface area contributed by atoms with E-state index >= 15 is 0 Å². The number of carbonyl (C=O) groups is 1. The maximum absolute atomic E-state index is 12.9. The zero-order chi connectivity index (χ0) is 20.8. The summed E-state index contributed by atoms with van der Waals surface area (Å²) in [6.07, 6.45) is 6.93. The first kappa shape index (κ1) is 20.9. The number of benzene rings is 2. The van der Waals surface area contributed by atoms with E-state index in [1.54, 1.807) is 0 Å². The van der Waals surface area contributed by atoms with Gasteiger partial charge in [-0.15, -0.1) is 0 Å². The molecule has 0 aromatic heterocycles. The number of likely N-dealkylation sites (N-methyl/N-ethyl adjacent to an activating group) is 1. The topological polar surface area (TPSA) is 32.8 Å². The van der Waals surface area contributed by atoms with Crippen LogP contribution in [0.2, 0.25) is 0 Å². The van der Waals surface area contributed by atoms with Crippen LogP contribution in [0.4, 0.5) is 0 Å². The van der Waals surface area contributed by atoms with Crippen LogP contribution in [-0.2, 0) is 6.42 Å². The number of nitrogens with zero attached hydrogens (tertiary/aromatic N) is 2. The van der Waals surface area contributed by atoms with E-state index in [1.165, 1.54) is 24.8 Å². The lowest BCUT2D eigenvalue weighted by Crippen LogP contribution is -2.48. The zero-order valence-corrected chi connectivity index (χ0v) is 18.2. The molecule has 1 spiro atoms. The van der Waals surface area contributed by atoms with Crippen LogP contribution < -0.4 is 4.74 Å². The van der Waals surface area contributed by atoms with Crippen LogP contribution in [-0.4, -0.2) is 55.5 Å². The van der Waals surface area contributed by atoms with Gasteiger partial charge in [0, 0.05) is 31.7 Å². The summed E-state index contributed by atoms with van der Waals surface area (Å²) < 4.78 is 6.11. The molecule has 1 fully saturated rings. The number of piperidine rings is 1. The molecule has 0 saturated carbocycles.